The summed E-state index contributed by atoms with van der Waals surface area (Å²) in [6.07, 6.45) is 3.05. The molecule has 17 heavy (non-hydrogen) atoms. The summed E-state index contributed by atoms with van der Waals surface area (Å²) in [7, 11) is 0. The number of ether oxygens (including phenoxy) is 1. The first-order valence-electron chi connectivity index (χ1n) is 5.99. The van der Waals surface area contributed by atoms with Gasteiger partial charge >= 0.3 is 0 Å². The monoisotopic (exact) mass is 229 g/mol. The number of fused-ring (bicyclic) bond motifs is 1. The summed E-state index contributed by atoms with van der Waals surface area (Å²) >= 11 is 0. The average Bonchev–Trinajstić information content (AvgIpc) is 2.91. The largest absolute Gasteiger partial charge is 0.386 e. The van der Waals surface area contributed by atoms with Gasteiger partial charge in [0.1, 0.15) is 6.10 Å². The summed E-state index contributed by atoms with van der Waals surface area (Å²) in [6, 6.07) is 9.81. The maximum Gasteiger partial charge on any atom is 0.107 e. The lowest BCUT2D eigenvalue weighted by atomic mass is 9.99. The van der Waals surface area contributed by atoms with Gasteiger partial charge in [0.05, 0.1) is 11.6 Å². The van der Waals surface area contributed by atoms with Crippen LogP contribution in [0, 0.1) is 0 Å². The molecule has 1 aliphatic heterocycles. The van der Waals surface area contributed by atoms with Crippen LogP contribution in [0.5, 0.6) is 0 Å². The van der Waals surface area contributed by atoms with Gasteiger partial charge in [-0.1, -0.05) is 24.3 Å². The molecule has 1 fully saturated rings. The first-order chi connectivity index (χ1) is 8.36. The summed E-state index contributed by atoms with van der Waals surface area (Å²) in [5, 5.41) is 11.4. The van der Waals surface area contributed by atoms with Crippen molar-refractivity contribution in [3.63, 3.8) is 0 Å². The highest BCUT2D eigenvalue weighted by Crippen LogP contribution is 2.30. The first kappa shape index (κ1) is 10.7. The van der Waals surface area contributed by atoms with Gasteiger partial charge in [0.2, 0.25) is 0 Å². The minimum Gasteiger partial charge on any atom is -0.386 e. The van der Waals surface area contributed by atoms with Crippen LogP contribution in [-0.4, -0.2) is 22.8 Å². The Labute approximate surface area is 100 Å². The van der Waals surface area contributed by atoms with Crippen molar-refractivity contribution in [1.82, 2.24) is 4.98 Å². The van der Waals surface area contributed by atoms with Crippen LogP contribution < -0.4 is 0 Å². The molecule has 1 aromatic carbocycles. The summed E-state index contributed by atoms with van der Waals surface area (Å²) in [5.41, 5.74) is 1.74. The van der Waals surface area contributed by atoms with Crippen molar-refractivity contribution in [2.24, 2.45) is 0 Å². The summed E-state index contributed by atoms with van der Waals surface area (Å²) < 4.78 is 5.54. The molecule has 2 aromatic rings. The first-order valence-corrected chi connectivity index (χ1v) is 5.99. The van der Waals surface area contributed by atoms with Crippen molar-refractivity contribution in [1.29, 1.82) is 0 Å². The van der Waals surface area contributed by atoms with Gasteiger partial charge in [0.25, 0.3) is 0 Å². The van der Waals surface area contributed by atoms with Crippen molar-refractivity contribution in [2.75, 3.05) is 6.61 Å². The van der Waals surface area contributed by atoms with Gasteiger partial charge in [-0.05, 0) is 18.9 Å². The number of hydrogen-bond donors (Lipinski definition) is 1. The number of aromatic nitrogens is 1. The fourth-order valence-electron chi connectivity index (χ4n) is 2.42. The van der Waals surface area contributed by atoms with E-state index < -0.39 is 6.10 Å². The lowest BCUT2D eigenvalue weighted by Gasteiger charge is -2.18. The predicted molar refractivity (Wildman–Crippen MR) is 65.7 cm³/mol. The van der Waals surface area contributed by atoms with Gasteiger partial charge in [-0.3, -0.25) is 4.98 Å². The van der Waals surface area contributed by atoms with Gasteiger partial charge in [0, 0.05) is 23.8 Å². The third-order valence-corrected chi connectivity index (χ3v) is 3.30. The number of nitrogens with zero attached hydrogens (tertiary/aromatic N) is 1. The van der Waals surface area contributed by atoms with E-state index in [-0.39, 0.29) is 6.10 Å². The van der Waals surface area contributed by atoms with Crippen molar-refractivity contribution in [2.45, 2.75) is 25.0 Å². The van der Waals surface area contributed by atoms with Crippen molar-refractivity contribution in [3.05, 3.63) is 42.1 Å². The molecule has 1 N–H and O–H groups in total. The summed E-state index contributed by atoms with van der Waals surface area (Å²) in [5.74, 6) is 0. The average molecular weight is 229 g/mol. The third kappa shape index (κ3) is 1.92. The molecule has 88 valence electrons. The number of rotatable bonds is 2. The molecule has 2 heterocycles. The summed E-state index contributed by atoms with van der Waals surface area (Å²) in [4.78, 5) is 4.36. The molecule has 1 aromatic heterocycles. The Kier molecular flexibility index (Phi) is 2.79. The van der Waals surface area contributed by atoms with Crippen LogP contribution in [-0.2, 0) is 4.74 Å². The Morgan fingerprint density at radius 1 is 1.29 bits per heavy atom. The van der Waals surface area contributed by atoms with Crippen LogP contribution in [0.25, 0.3) is 10.9 Å². The Morgan fingerprint density at radius 2 is 2.18 bits per heavy atom. The van der Waals surface area contributed by atoms with E-state index in [0.717, 1.165) is 35.9 Å². The molecule has 0 amide bonds. The molecule has 0 radical (unpaired) electrons. The molecule has 2 atom stereocenters. The fraction of sp³-hybridized carbons (Fsp3) is 0.357. The molecule has 3 heteroatoms. The van der Waals surface area contributed by atoms with Gasteiger partial charge < -0.3 is 9.84 Å². The van der Waals surface area contributed by atoms with Crippen LogP contribution in [0.3, 0.4) is 0 Å². The van der Waals surface area contributed by atoms with Crippen molar-refractivity contribution >= 4 is 10.9 Å². The van der Waals surface area contributed by atoms with E-state index in [4.69, 9.17) is 4.74 Å². The molecule has 0 bridgehead atoms. The molecule has 0 saturated carbocycles. The van der Waals surface area contributed by atoms with Crippen LogP contribution in [0.1, 0.15) is 24.5 Å². The van der Waals surface area contributed by atoms with E-state index in [1.165, 1.54) is 0 Å². The number of hydrogen-bond acceptors (Lipinski definition) is 3. The molecule has 0 aliphatic carbocycles. The molecule has 3 nitrogen and oxygen atoms in total. The Morgan fingerprint density at radius 3 is 3.00 bits per heavy atom. The molecule has 1 aliphatic rings. The smallest absolute Gasteiger partial charge is 0.107 e. The molecule has 0 spiro atoms. The van der Waals surface area contributed by atoms with Crippen LogP contribution in [0.4, 0.5) is 0 Å². The topological polar surface area (TPSA) is 42.4 Å². The zero-order valence-corrected chi connectivity index (χ0v) is 9.54. The van der Waals surface area contributed by atoms with E-state index in [1.807, 2.05) is 30.3 Å². The quantitative estimate of drug-likeness (QED) is 0.860. The van der Waals surface area contributed by atoms with E-state index in [1.54, 1.807) is 6.20 Å². The highest BCUT2D eigenvalue weighted by atomic mass is 16.5. The zero-order valence-electron chi connectivity index (χ0n) is 9.54. The Hall–Kier alpha value is -1.45. The minimum absolute atomic E-state index is 0.0809. The highest BCUT2D eigenvalue weighted by Gasteiger charge is 2.26. The maximum absolute atomic E-state index is 10.4. The van der Waals surface area contributed by atoms with E-state index in [2.05, 4.69) is 4.98 Å². The summed E-state index contributed by atoms with van der Waals surface area (Å²) in [6.45, 7) is 0.750. The third-order valence-electron chi connectivity index (χ3n) is 3.30. The second-order valence-corrected chi connectivity index (χ2v) is 4.42. The van der Waals surface area contributed by atoms with Crippen molar-refractivity contribution < 1.29 is 9.84 Å². The second-order valence-electron chi connectivity index (χ2n) is 4.42. The highest BCUT2D eigenvalue weighted by molar-refractivity contribution is 5.81. The standard InChI is InChI=1S/C14H15NO2/c16-14(12-7-3-9-17-12)11-6-1-4-10-5-2-8-15-13(10)11/h1-2,4-6,8,12,14,16H,3,7,9H2. The fourth-order valence-corrected chi connectivity index (χ4v) is 2.42. The predicted octanol–water partition coefficient (Wildman–Crippen LogP) is 2.45. The number of aliphatic hydroxyl groups excluding tert-OH is 1. The SMILES string of the molecule is OC(c1cccc2cccnc12)C1CCCO1. The van der Waals surface area contributed by atoms with Crippen LogP contribution >= 0.6 is 0 Å². The number of para-hydroxylation sites is 1. The molecule has 2 unspecified atom stereocenters. The van der Waals surface area contributed by atoms with Gasteiger partial charge in [-0.15, -0.1) is 0 Å². The van der Waals surface area contributed by atoms with Gasteiger partial charge in [-0.25, -0.2) is 0 Å². The van der Waals surface area contributed by atoms with Crippen LogP contribution in [0.2, 0.25) is 0 Å². The van der Waals surface area contributed by atoms with Gasteiger partial charge in [-0.2, -0.15) is 0 Å². The maximum atomic E-state index is 10.4. The lowest BCUT2D eigenvalue weighted by molar-refractivity contribution is -0.00194. The van der Waals surface area contributed by atoms with E-state index in [9.17, 15) is 5.11 Å². The molecular formula is C14H15NO2. The number of benzene rings is 1. The molecule has 3 rings (SSSR count). The Bertz CT molecular complexity index is 515. The minimum atomic E-state index is -0.573. The van der Waals surface area contributed by atoms with E-state index in [0.29, 0.717) is 0 Å². The second kappa shape index (κ2) is 4.43. The number of aliphatic hydroxyl groups is 1. The number of pyridine rings is 1. The zero-order chi connectivity index (χ0) is 11.7. The Balaban J connectivity index is 2.04. The van der Waals surface area contributed by atoms with Crippen molar-refractivity contribution in [3.8, 4) is 0 Å². The van der Waals surface area contributed by atoms with E-state index >= 15 is 0 Å². The molecular weight excluding hydrogens is 214 g/mol. The molecule has 1 saturated heterocycles. The lowest BCUT2D eigenvalue weighted by Crippen LogP contribution is -2.17. The normalized spacial score (nSPS) is 21.8. The van der Waals surface area contributed by atoms with Crippen LogP contribution in [0.15, 0.2) is 36.5 Å². The van der Waals surface area contributed by atoms with Gasteiger partial charge in [0.15, 0.2) is 0 Å².